The lowest BCUT2D eigenvalue weighted by atomic mass is 9.78. The molecular formula is C24H21NO3. The Kier molecular flexibility index (Phi) is 3.86. The highest BCUT2D eigenvalue weighted by atomic mass is 16.4. The molecule has 3 aromatic rings. The highest BCUT2D eigenvalue weighted by Crippen LogP contribution is 2.55. The summed E-state index contributed by atoms with van der Waals surface area (Å²) in [4.78, 5) is 14.1. The number of carboxylic acid groups (broad SMARTS) is 1. The van der Waals surface area contributed by atoms with E-state index in [9.17, 15) is 15.0 Å². The van der Waals surface area contributed by atoms with Crippen LogP contribution in [-0.4, -0.2) is 39.8 Å². The second-order valence-corrected chi connectivity index (χ2v) is 7.56. The van der Waals surface area contributed by atoms with Crippen LogP contribution in [0.2, 0.25) is 0 Å². The molecule has 2 N–H and O–H groups in total. The van der Waals surface area contributed by atoms with Gasteiger partial charge in [0.15, 0.2) is 0 Å². The number of likely N-dealkylation sites (tertiary alicyclic amines) is 1. The lowest BCUT2D eigenvalue weighted by molar-refractivity contribution is -0.143. The van der Waals surface area contributed by atoms with Crippen molar-refractivity contribution in [3.8, 4) is 11.1 Å². The van der Waals surface area contributed by atoms with Crippen LogP contribution in [0, 0.1) is 0 Å². The monoisotopic (exact) mass is 371 g/mol. The average Bonchev–Trinajstić information content (AvgIpc) is 3.25. The van der Waals surface area contributed by atoms with Crippen molar-refractivity contribution >= 4 is 5.97 Å². The number of hydrogen-bond acceptors (Lipinski definition) is 3. The molecule has 28 heavy (non-hydrogen) atoms. The van der Waals surface area contributed by atoms with E-state index in [1.165, 1.54) is 0 Å². The molecule has 0 saturated carbocycles. The topological polar surface area (TPSA) is 60.8 Å². The molecule has 0 bridgehead atoms. The molecular weight excluding hydrogens is 350 g/mol. The number of rotatable bonds is 3. The Hall–Kier alpha value is -2.95. The first kappa shape index (κ1) is 17.2. The second kappa shape index (κ2) is 6.30. The minimum atomic E-state index is -0.895. The van der Waals surface area contributed by atoms with Gasteiger partial charge in [-0.25, -0.2) is 0 Å². The minimum absolute atomic E-state index is 0.230. The standard InChI is InChI=1S/C24H21NO3/c26-17-14-22(23(27)28)25(15-17)24(16-8-2-1-3-9-16)20-12-6-4-10-18(20)19-11-5-7-13-21(19)24/h1-13,17,22,26H,14-15H2,(H,27,28)/t17-,22+/m1/s1. The van der Waals surface area contributed by atoms with E-state index in [0.717, 1.165) is 27.8 Å². The fourth-order valence-electron chi connectivity index (χ4n) is 5.10. The van der Waals surface area contributed by atoms with Crippen molar-refractivity contribution in [1.29, 1.82) is 0 Å². The zero-order valence-electron chi connectivity index (χ0n) is 15.3. The molecule has 2 atom stereocenters. The maximum Gasteiger partial charge on any atom is 0.321 e. The van der Waals surface area contributed by atoms with Crippen LogP contribution >= 0.6 is 0 Å². The number of benzene rings is 3. The summed E-state index contributed by atoms with van der Waals surface area (Å²) in [5.41, 5.74) is 4.66. The van der Waals surface area contributed by atoms with Gasteiger partial charge >= 0.3 is 5.97 Å². The zero-order valence-corrected chi connectivity index (χ0v) is 15.3. The van der Waals surface area contributed by atoms with Gasteiger partial charge in [0.1, 0.15) is 6.04 Å². The van der Waals surface area contributed by atoms with Gasteiger partial charge in [-0.2, -0.15) is 0 Å². The number of aliphatic hydroxyl groups is 1. The third-order valence-electron chi connectivity index (χ3n) is 6.11. The van der Waals surface area contributed by atoms with Crippen LogP contribution in [-0.2, 0) is 10.3 Å². The first-order valence-corrected chi connectivity index (χ1v) is 9.56. The molecule has 3 aromatic carbocycles. The molecule has 1 fully saturated rings. The maximum atomic E-state index is 12.2. The molecule has 5 rings (SSSR count). The predicted octanol–water partition coefficient (Wildman–Crippen LogP) is 3.48. The van der Waals surface area contributed by atoms with E-state index in [0.29, 0.717) is 6.54 Å². The Morgan fingerprint density at radius 3 is 1.96 bits per heavy atom. The van der Waals surface area contributed by atoms with Crippen molar-refractivity contribution in [1.82, 2.24) is 4.90 Å². The Morgan fingerprint density at radius 2 is 1.39 bits per heavy atom. The second-order valence-electron chi connectivity index (χ2n) is 7.56. The number of carbonyl (C=O) groups is 1. The largest absolute Gasteiger partial charge is 0.480 e. The van der Waals surface area contributed by atoms with Crippen molar-refractivity contribution in [3.63, 3.8) is 0 Å². The van der Waals surface area contributed by atoms with Gasteiger partial charge in [0, 0.05) is 13.0 Å². The summed E-state index contributed by atoms with van der Waals surface area (Å²) in [6, 6.07) is 25.7. The minimum Gasteiger partial charge on any atom is -0.480 e. The third kappa shape index (κ3) is 2.22. The number of carboxylic acids is 1. The van der Waals surface area contributed by atoms with Gasteiger partial charge < -0.3 is 10.2 Å². The van der Waals surface area contributed by atoms with E-state index in [4.69, 9.17) is 0 Å². The molecule has 0 aromatic heterocycles. The molecule has 0 spiro atoms. The van der Waals surface area contributed by atoms with Crippen molar-refractivity contribution < 1.29 is 15.0 Å². The lowest BCUT2D eigenvalue weighted by Crippen LogP contribution is -2.52. The van der Waals surface area contributed by atoms with Crippen molar-refractivity contribution in [2.75, 3.05) is 6.54 Å². The summed E-state index contributed by atoms with van der Waals surface area (Å²) in [7, 11) is 0. The summed E-state index contributed by atoms with van der Waals surface area (Å²) >= 11 is 0. The van der Waals surface area contributed by atoms with E-state index in [1.54, 1.807) is 0 Å². The smallest absolute Gasteiger partial charge is 0.321 e. The number of aliphatic carboxylic acids is 1. The van der Waals surface area contributed by atoms with Gasteiger partial charge in [0.2, 0.25) is 0 Å². The molecule has 4 heteroatoms. The Labute approximate surface area is 163 Å². The summed E-state index contributed by atoms with van der Waals surface area (Å²) in [6.07, 6.45) is -0.435. The van der Waals surface area contributed by atoms with Crippen LogP contribution < -0.4 is 0 Å². The summed E-state index contributed by atoms with van der Waals surface area (Å²) in [5, 5.41) is 20.4. The van der Waals surface area contributed by atoms with Gasteiger partial charge in [-0.1, -0.05) is 78.9 Å². The molecule has 4 nitrogen and oxygen atoms in total. The van der Waals surface area contributed by atoms with Crippen LogP contribution in [0.25, 0.3) is 11.1 Å². The van der Waals surface area contributed by atoms with Gasteiger partial charge in [-0.3, -0.25) is 9.69 Å². The third-order valence-corrected chi connectivity index (χ3v) is 6.11. The van der Waals surface area contributed by atoms with E-state index >= 15 is 0 Å². The lowest BCUT2D eigenvalue weighted by Gasteiger charge is -2.43. The van der Waals surface area contributed by atoms with Crippen molar-refractivity contribution in [2.24, 2.45) is 0 Å². The molecule has 0 radical (unpaired) electrons. The number of fused-ring (bicyclic) bond motifs is 3. The first-order chi connectivity index (χ1) is 13.6. The van der Waals surface area contributed by atoms with Crippen LogP contribution in [0.15, 0.2) is 78.9 Å². The number of hydrogen-bond donors (Lipinski definition) is 2. The van der Waals surface area contributed by atoms with Gasteiger partial charge in [0.25, 0.3) is 0 Å². The fraction of sp³-hybridized carbons (Fsp3) is 0.208. The van der Waals surface area contributed by atoms with Crippen LogP contribution in [0.1, 0.15) is 23.1 Å². The van der Waals surface area contributed by atoms with E-state index in [-0.39, 0.29) is 6.42 Å². The Balaban J connectivity index is 1.88. The molecule has 1 aliphatic heterocycles. The first-order valence-electron chi connectivity index (χ1n) is 9.56. The summed E-state index contributed by atoms with van der Waals surface area (Å²) in [6.45, 7) is 0.314. The molecule has 1 heterocycles. The summed E-state index contributed by atoms with van der Waals surface area (Å²) < 4.78 is 0. The number of nitrogens with zero attached hydrogens (tertiary/aromatic N) is 1. The molecule has 0 amide bonds. The fourth-order valence-corrected chi connectivity index (χ4v) is 5.10. The Morgan fingerprint density at radius 1 is 0.857 bits per heavy atom. The van der Waals surface area contributed by atoms with Crippen LogP contribution in [0.3, 0.4) is 0 Å². The van der Waals surface area contributed by atoms with Crippen LogP contribution in [0.4, 0.5) is 0 Å². The highest BCUT2D eigenvalue weighted by Gasteiger charge is 2.55. The van der Waals surface area contributed by atoms with E-state index in [1.807, 2.05) is 47.4 Å². The maximum absolute atomic E-state index is 12.2. The molecule has 140 valence electrons. The van der Waals surface area contributed by atoms with E-state index < -0.39 is 23.7 Å². The molecule has 2 aliphatic rings. The number of aliphatic hydroxyl groups excluding tert-OH is 1. The molecule has 1 saturated heterocycles. The normalized spacial score (nSPS) is 22.6. The Bertz CT molecular complexity index is 1000. The van der Waals surface area contributed by atoms with Crippen LogP contribution in [0.5, 0.6) is 0 Å². The predicted molar refractivity (Wildman–Crippen MR) is 107 cm³/mol. The van der Waals surface area contributed by atoms with Crippen molar-refractivity contribution in [3.05, 3.63) is 95.6 Å². The molecule has 0 unspecified atom stereocenters. The van der Waals surface area contributed by atoms with Gasteiger partial charge in [-0.15, -0.1) is 0 Å². The van der Waals surface area contributed by atoms with E-state index in [2.05, 4.69) is 36.4 Å². The molecule has 1 aliphatic carbocycles. The van der Waals surface area contributed by atoms with Gasteiger partial charge in [-0.05, 0) is 27.8 Å². The number of β-amino-alcohol motifs (C(OH)–C–C–N with tert-alkyl or cyclic N) is 1. The van der Waals surface area contributed by atoms with Crippen molar-refractivity contribution in [2.45, 2.75) is 24.1 Å². The average molecular weight is 371 g/mol. The summed E-state index contributed by atoms with van der Waals surface area (Å²) in [5.74, 6) is -0.895. The SMILES string of the molecule is O=C(O)[C@@H]1C[C@@H](O)CN1C1(c2ccccc2)c2ccccc2-c2ccccc21. The quantitative estimate of drug-likeness (QED) is 0.740. The van der Waals surface area contributed by atoms with Gasteiger partial charge in [0.05, 0.1) is 11.6 Å². The highest BCUT2D eigenvalue weighted by molar-refractivity contribution is 5.84. The zero-order chi connectivity index (χ0) is 19.3.